The molecule has 0 atom stereocenters. The van der Waals surface area contributed by atoms with Gasteiger partial charge in [-0.25, -0.2) is 0 Å². The number of piperidine rings is 1. The predicted octanol–water partition coefficient (Wildman–Crippen LogP) is 0.795. The highest BCUT2D eigenvalue weighted by molar-refractivity contribution is 7.87. The van der Waals surface area contributed by atoms with Crippen molar-refractivity contribution in [2.24, 2.45) is 0 Å². The lowest BCUT2D eigenvalue weighted by Crippen LogP contribution is -2.43. The molecule has 0 saturated carbocycles. The number of phenolic OH excluding ortho intramolecular Hbond substituents is 1. The lowest BCUT2D eigenvalue weighted by Gasteiger charge is -2.26. The van der Waals surface area contributed by atoms with Gasteiger partial charge in [-0.1, -0.05) is 6.42 Å². The average Bonchev–Trinajstić information content (AvgIpc) is 2.41. The highest BCUT2D eigenvalue weighted by atomic mass is 32.2. The first-order chi connectivity index (χ1) is 8.99. The molecule has 0 aromatic heterocycles. The number of nitrogen functional groups attached to an aromatic ring is 1. The zero-order valence-corrected chi connectivity index (χ0v) is 11.5. The minimum atomic E-state index is -3.48. The van der Waals surface area contributed by atoms with Crippen LogP contribution < -0.4 is 10.5 Å². The van der Waals surface area contributed by atoms with Crippen molar-refractivity contribution in [3.8, 4) is 5.75 Å². The molecule has 1 aliphatic heterocycles. The van der Waals surface area contributed by atoms with E-state index in [1.807, 2.05) is 0 Å². The van der Waals surface area contributed by atoms with Crippen LogP contribution in [0.1, 0.15) is 24.8 Å². The van der Waals surface area contributed by atoms with Gasteiger partial charge in [0.05, 0.1) is 0 Å². The third-order valence-corrected chi connectivity index (χ3v) is 4.76. The minimum Gasteiger partial charge on any atom is -0.508 e. The molecule has 1 aliphatic rings. The Balaban J connectivity index is 2.02. The van der Waals surface area contributed by atoms with Gasteiger partial charge in [0, 0.05) is 30.9 Å². The molecule has 0 aliphatic carbocycles. The standard InChI is InChI=1S/C12H19N3O3S/c13-11-4-5-12(16)10(8-11)9-14-19(17,18)15-6-2-1-3-7-15/h4-5,8,14,16H,1-3,6-7,9,13H2. The third kappa shape index (κ3) is 3.59. The van der Waals surface area contributed by atoms with Crippen LogP contribution >= 0.6 is 0 Å². The monoisotopic (exact) mass is 285 g/mol. The molecule has 1 aromatic carbocycles. The summed E-state index contributed by atoms with van der Waals surface area (Å²) in [4.78, 5) is 0. The Bertz CT molecular complexity index is 539. The van der Waals surface area contributed by atoms with E-state index in [1.54, 1.807) is 12.1 Å². The van der Waals surface area contributed by atoms with Gasteiger partial charge in [-0.15, -0.1) is 0 Å². The van der Waals surface area contributed by atoms with E-state index in [1.165, 1.54) is 10.4 Å². The minimum absolute atomic E-state index is 0.0374. The van der Waals surface area contributed by atoms with Crippen molar-refractivity contribution in [1.82, 2.24) is 9.03 Å². The summed E-state index contributed by atoms with van der Waals surface area (Å²) < 4.78 is 28.1. The largest absolute Gasteiger partial charge is 0.508 e. The number of nitrogens with two attached hydrogens (primary N) is 1. The van der Waals surface area contributed by atoms with Crippen LogP contribution in [-0.4, -0.2) is 30.9 Å². The van der Waals surface area contributed by atoms with Crippen LogP contribution in [0.15, 0.2) is 18.2 Å². The zero-order chi connectivity index (χ0) is 13.9. The summed E-state index contributed by atoms with van der Waals surface area (Å²) in [6, 6.07) is 4.59. The lowest BCUT2D eigenvalue weighted by atomic mass is 10.2. The van der Waals surface area contributed by atoms with E-state index in [0.717, 1.165) is 19.3 Å². The maximum atomic E-state index is 12.1. The summed E-state index contributed by atoms with van der Waals surface area (Å²) in [7, 11) is -3.48. The van der Waals surface area contributed by atoms with Crippen molar-refractivity contribution in [2.45, 2.75) is 25.8 Å². The van der Waals surface area contributed by atoms with Crippen LogP contribution in [0.25, 0.3) is 0 Å². The summed E-state index contributed by atoms with van der Waals surface area (Å²) in [5.74, 6) is 0.0375. The molecule has 1 fully saturated rings. The van der Waals surface area contributed by atoms with E-state index in [4.69, 9.17) is 5.73 Å². The highest BCUT2D eigenvalue weighted by Gasteiger charge is 2.23. The molecule has 0 bridgehead atoms. The van der Waals surface area contributed by atoms with Crippen molar-refractivity contribution < 1.29 is 13.5 Å². The fourth-order valence-electron chi connectivity index (χ4n) is 2.11. The van der Waals surface area contributed by atoms with Gasteiger partial charge in [0.15, 0.2) is 0 Å². The molecule has 0 spiro atoms. The maximum Gasteiger partial charge on any atom is 0.279 e. The van der Waals surface area contributed by atoms with E-state index in [-0.39, 0.29) is 12.3 Å². The van der Waals surface area contributed by atoms with Crippen LogP contribution in [0.2, 0.25) is 0 Å². The molecule has 7 heteroatoms. The molecule has 106 valence electrons. The lowest BCUT2D eigenvalue weighted by molar-refractivity contribution is 0.341. The topological polar surface area (TPSA) is 95.7 Å². The number of nitrogens with one attached hydrogen (secondary N) is 1. The molecule has 0 amide bonds. The van der Waals surface area contributed by atoms with Crippen molar-refractivity contribution in [3.05, 3.63) is 23.8 Å². The first-order valence-corrected chi connectivity index (χ1v) is 7.75. The van der Waals surface area contributed by atoms with Crippen molar-refractivity contribution in [3.63, 3.8) is 0 Å². The van der Waals surface area contributed by atoms with Gasteiger partial charge in [0.2, 0.25) is 0 Å². The van der Waals surface area contributed by atoms with E-state index >= 15 is 0 Å². The Morgan fingerprint density at radius 2 is 1.95 bits per heavy atom. The molecule has 0 radical (unpaired) electrons. The SMILES string of the molecule is Nc1ccc(O)c(CNS(=O)(=O)N2CCCCC2)c1. The second-order valence-electron chi connectivity index (χ2n) is 4.67. The molecular weight excluding hydrogens is 266 g/mol. The summed E-state index contributed by atoms with van der Waals surface area (Å²) >= 11 is 0. The van der Waals surface area contributed by atoms with Gasteiger partial charge in [-0.3, -0.25) is 0 Å². The van der Waals surface area contributed by atoms with E-state index in [0.29, 0.717) is 24.3 Å². The Hall–Kier alpha value is -1.31. The normalized spacial score (nSPS) is 17.5. The van der Waals surface area contributed by atoms with Gasteiger partial charge in [-0.05, 0) is 31.0 Å². The second kappa shape index (κ2) is 5.77. The summed E-state index contributed by atoms with van der Waals surface area (Å²) in [5.41, 5.74) is 6.57. The third-order valence-electron chi connectivity index (χ3n) is 3.20. The summed E-state index contributed by atoms with van der Waals surface area (Å²) in [5, 5.41) is 9.64. The van der Waals surface area contributed by atoms with Crippen LogP contribution in [0.3, 0.4) is 0 Å². The van der Waals surface area contributed by atoms with Gasteiger partial charge in [-0.2, -0.15) is 17.4 Å². The molecule has 1 saturated heterocycles. The van der Waals surface area contributed by atoms with Gasteiger partial charge in [0.25, 0.3) is 10.2 Å². The zero-order valence-electron chi connectivity index (χ0n) is 10.7. The van der Waals surface area contributed by atoms with Crippen molar-refractivity contribution in [2.75, 3.05) is 18.8 Å². The van der Waals surface area contributed by atoms with Crippen molar-refractivity contribution in [1.29, 1.82) is 0 Å². The first kappa shape index (κ1) is 14.1. The van der Waals surface area contributed by atoms with E-state index in [2.05, 4.69) is 4.72 Å². The Kier molecular flexibility index (Phi) is 4.28. The number of nitrogens with zero attached hydrogens (tertiary/aromatic N) is 1. The smallest absolute Gasteiger partial charge is 0.279 e. The van der Waals surface area contributed by atoms with Crippen LogP contribution in [0, 0.1) is 0 Å². The maximum absolute atomic E-state index is 12.1. The number of anilines is 1. The molecule has 4 N–H and O–H groups in total. The number of rotatable bonds is 4. The number of phenols is 1. The Morgan fingerprint density at radius 1 is 1.26 bits per heavy atom. The molecule has 19 heavy (non-hydrogen) atoms. The average molecular weight is 285 g/mol. The molecule has 1 heterocycles. The van der Waals surface area contributed by atoms with E-state index < -0.39 is 10.2 Å². The van der Waals surface area contributed by atoms with E-state index in [9.17, 15) is 13.5 Å². The second-order valence-corrected chi connectivity index (χ2v) is 6.43. The first-order valence-electron chi connectivity index (χ1n) is 6.31. The molecule has 2 rings (SSSR count). The van der Waals surface area contributed by atoms with Crippen LogP contribution in [0.5, 0.6) is 5.75 Å². The highest BCUT2D eigenvalue weighted by Crippen LogP contribution is 2.20. The number of benzene rings is 1. The molecule has 1 aromatic rings. The quantitative estimate of drug-likeness (QED) is 0.563. The van der Waals surface area contributed by atoms with Crippen LogP contribution in [0.4, 0.5) is 5.69 Å². The van der Waals surface area contributed by atoms with Gasteiger partial charge >= 0.3 is 0 Å². The number of aromatic hydroxyl groups is 1. The molecule has 0 unspecified atom stereocenters. The van der Waals surface area contributed by atoms with Crippen LogP contribution in [-0.2, 0) is 16.8 Å². The fourth-order valence-corrected chi connectivity index (χ4v) is 3.37. The summed E-state index contributed by atoms with van der Waals surface area (Å²) in [6.07, 6.45) is 2.86. The Morgan fingerprint density at radius 3 is 2.63 bits per heavy atom. The molecule has 6 nitrogen and oxygen atoms in total. The predicted molar refractivity (Wildman–Crippen MR) is 73.7 cm³/mol. The molecular formula is C12H19N3O3S. The number of hydrogen-bond acceptors (Lipinski definition) is 4. The fraction of sp³-hybridized carbons (Fsp3) is 0.500. The van der Waals surface area contributed by atoms with Crippen molar-refractivity contribution >= 4 is 15.9 Å². The van der Waals surface area contributed by atoms with Gasteiger partial charge in [0.1, 0.15) is 5.75 Å². The summed E-state index contributed by atoms with van der Waals surface area (Å²) in [6.45, 7) is 1.15. The number of hydrogen-bond donors (Lipinski definition) is 3. The van der Waals surface area contributed by atoms with Gasteiger partial charge < -0.3 is 10.8 Å². The Labute approximate surface area is 113 Å².